The standard InChI is InChI=1S/C20H21N7.2CH4O3S/c1-13(15-7-3-2-4-8-15)25-18-17-19(26-27-20(17)24-12-23-18)22-11-14-6-5-9-16(21)10-14;2*1-5(2,3)4/h2-10,12-13H,11,21H2,1H3,(H3,22,23,24,25,26,27);2*1H3,(H,2,3,4)/t13-;;/m1../s1. The molecule has 13 nitrogen and oxygen atoms in total. The molecular formula is C22H29N7O6S2. The van der Waals surface area contributed by atoms with E-state index >= 15 is 0 Å². The molecule has 15 heteroatoms. The molecule has 0 amide bonds. The molecular weight excluding hydrogens is 522 g/mol. The van der Waals surface area contributed by atoms with Crippen LogP contribution in [0.25, 0.3) is 11.0 Å². The van der Waals surface area contributed by atoms with Crippen LogP contribution in [0.3, 0.4) is 0 Å². The van der Waals surface area contributed by atoms with Gasteiger partial charge in [-0.2, -0.15) is 21.9 Å². The van der Waals surface area contributed by atoms with Gasteiger partial charge in [0.05, 0.1) is 12.5 Å². The molecule has 2 aromatic heterocycles. The van der Waals surface area contributed by atoms with E-state index in [1.807, 2.05) is 42.5 Å². The van der Waals surface area contributed by atoms with Gasteiger partial charge in [-0.3, -0.25) is 14.2 Å². The first kappa shape index (κ1) is 29.4. The fourth-order valence-electron chi connectivity index (χ4n) is 3.02. The molecule has 0 fully saturated rings. The number of nitrogens with two attached hydrogens (primary N) is 1. The molecule has 0 unspecified atom stereocenters. The maximum absolute atomic E-state index is 9.19. The molecule has 0 radical (unpaired) electrons. The second kappa shape index (κ2) is 13.0. The third kappa shape index (κ3) is 11.7. The third-order valence-corrected chi connectivity index (χ3v) is 4.42. The van der Waals surface area contributed by atoms with Gasteiger partial charge >= 0.3 is 0 Å². The Labute approximate surface area is 215 Å². The molecule has 0 spiro atoms. The van der Waals surface area contributed by atoms with Crippen LogP contribution >= 0.6 is 0 Å². The van der Waals surface area contributed by atoms with Crippen LogP contribution < -0.4 is 16.4 Å². The van der Waals surface area contributed by atoms with E-state index in [1.165, 1.54) is 11.9 Å². The molecule has 0 aliphatic rings. The lowest BCUT2D eigenvalue weighted by atomic mass is 10.1. The minimum atomic E-state index is -3.67. The molecule has 0 saturated heterocycles. The smallest absolute Gasteiger partial charge is 0.261 e. The van der Waals surface area contributed by atoms with Crippen molar-refractivity contribution in [1.29, 1.82) is 0 Å². The van der Waals surface area contributed by atoms with Gasteiger partial charge in [-0.25, -0.2) is 9.97 Å². The highest BCUT2D eigenvalue weighted by Crippen LogP contribution is 2.28. The number of nitrogen functional groups attached to an aromatic ring is 1. The average Bonchev–Trinajstić information content (AvgIpc) is 3.20. The van der Waals surface area contributed by atoms with Crippen molar-refractivity contribution in [3.05, 3.63) is 72.1 Å². The molecule has 2 aromatic carbocycles. The van der Waals surface area contributed by atoms with Crippen LogP contribution in [-0.4, -0.2) is 58.6 Å². The van der Waals surface area contributed by atoms with Gasteiger partial charge in [0.25, 0.3) is 20.2 Å². The zero-order chi connectivity index (χ0) is 27.6. The largest absolute Gasteiger partial charge is 0.399 e. The van der Waals surface area contributed by atoms with Crippen molar-refractivity contribution in [3.8, 4) is 0 Å². The number of benzene rings is 2. The van der Waals surface area contributed by atoms with Gasteiger partial charge in [-0.1, -0.05) is 42.5 Å². The number of fused-ring (bicyclic) bond motifs is 1. The zero-order valence-corrected chi connectivity index (χ0v) is 22.0. The zero-order valence-electron chi connectivity index (χ0n) is 20.3. The van der Waals surface area contributed by atoms with E-state index in [1.54, 1.807) is 0 Å². The number of hydrogen-bond donors (Lipinski definition) is 6. The number of H-pyrrole nitrogens is 1. The van der Waals surface area contributed by atoms with Crippen LogP contribution in [0.2, 0.25) is 0 Å². The monoisotopic (exact) mass is 551 g/mol. The van der Waals surface area contributed by atoms with E-state index in [4.69, 9.17) is 14.8 Å². The first-order chi connectivity index (χ1) is 17.2. The quantitative estimate of drug-likeness (QED) is 0.151. The van der Waals surface area contributed by atoms with Crippen LogP contribution in [0.5, 0.6) is 0 Å². The summed E-state index contributed by atoms with van der Waals surface area (Å²) in [6.45, 7) is 2.71. The molecule has 200 valence electrons. The Kier molecular flexibility index (Phi) is 10.3. The summed E-state index contributed by atoms with van der Waals surface area (Å²) in [5, 5.41) is 15.0. The summed E-state index contributed by atoms with van der Waals surface area (Å²) in [6, 6.07) is 18.1. The molecule has 0 aliphatic heterocycles. The maximum atomic E-state index is 9.19. The Hall–Kier alpha value is -3.79. The van der Waals surface area contributed by atoms with Gasteiger partial charge < -0.3 is 16.4 Å². The summed E-state index contributed by atoms with van der Waals surface area (Å²) in [5.74, 6) is 1.44. The van der Waals surface area contributed by atoms with Crippen LogP contribution in [0, 0.1) is 0 Å². The predicted octanol–water partition coefficient (Wildman–Crippen LogP) is 2.73. The normalized spacial score (nSPS) is 11.9. The van der Waals surface area contributed by atoms with E-state index in [-0.39, 0.29) is 6.04 Å². The second-order valence-corrected chi connectivity index (χ2v) is 10.8. The Morgan fingerprint density at radius 1 is 0.946 bits per heavy atom. The Bertz CT molecular complexity index is 1470. The molecule has 1 atom stereocenters. The summed E-state index contributed by atoms with van der Waals surface area (Å²) >= 11 is 0. The lowest BCUT2D eigenvalue weighted by Crippen LogP contribution is -2.09. The van der Waals surface area contributed by atoms with Gasteiger partial charge in [0.15, 0.2) is 11.5 Å². The first-order valence-corrected chi connectivity index (χ1v) is 14.3. The summed E-state index contributed by atoms with van der Waals surface area (Å²) < 4.78 is 51.7. The van der Waals surface area contributed by atoms with Crippen LogP contribution in [0.1, 0.15) is 24.1 Å². The van der Waals surface area contributed by atoms with Crippen molar-refractivity contribution in [2.45, 2.75) is 19.5 Å². The number of rotatable bonds is 6. The minimum absolute atomic E-state index is 0.0981. The van der Waals surface area contributed by atoms with Crippen LogP contribution in [0.4, 0.5) is 17.3 Å². The van der Waals surface area contributed by atoms with Crippen LogP contribution in [-0.2, 0) is 26.8 Å². The van der Waals surface area contributed by atoms with E-state index in [2.05, 4.69) is 49.9 Å². The van der Waals surface area contributed by atoms with E-state index in [0.29, 0.717) is 30.5 Å². The molecule has 7 N–H and O–H groups in total. The lowest BCUT2D eigenvalue weighted by Gasteiger charge is -2.15. The summed E-state index contributed by atoms with van der Waals surface area (Å²) in [6.07, 6.45) is 2.96. The molecule has 4 aromatic rings. The third-order valence-electron chi connectivity index (χ3n) is 4.42. The average molecular weight is 552 g/mol. The highest BCUT2D eigenvalue weighted by molar-refractivity contribution is 7.85. The fourth-order valence-corrected chi connectivity index (χ4v) is 3.02. The Morgan fingerprint density at radius 3 is 2.16 bits per heavy atom. The van der Waals surface area contributed by atoms with Crippen molar-refractivity contribution in [1.82, 2.24) is 20.2 Å². The number of aromatic nitrogens is 4. The van der Waals surface area contributed by atoms with E-state index in [0.717, 1.165) is 22.5 Å². The van der Waals surface area contributed by atoms with Gasteiger partial charge in [0.2, 0.25) is 0 Å². The predicted molar refractivity (Wildman–Crippen MR) is 143 cm³/mol. The van der Waals surface area contributed by atoms with Gasteiger partial charge in [0.1, 0.15) is 17.5 Å². The molecule has 37 heavy (non-hydrogen) atoms. The number of aromatic amines is 1. The van der Waals surface area contributed by atoms with Crippen molar-refractivity contribution in [2.75, 3.05) is 28.9 Å². The van der Waals surface area contributed by atoms with Crippen molar-refractivity contribution in [3.63, 3.8) is 0 Å². The van der Waals surface area contributed by atoms with Gasteiger partial charge in [0, 0.05) is 18.3 Å². The highest BCUT2D eigenvalue weighted by Gasteiger charge is 2.15. The molecule has 0 saturated carbocycles. The summed E-state index contributed by atoms with van der Waals surface area (Å²) in [5.41, 5.74) is 9.54. The van der Waals surface area contributed by atoms with Crippen molar-refractivity contribution >= 4 is 48.6 Å². The Balaban J connectivity index is 0.000000412. The fraction of sp³-hybridized carbons (Fsp3) is 0.227. The minimum Gasteiger partial charge on any atom is -0.399 e. The highest BCUT2D eigenvalue weighted by atomic mass is 32.2. The summed E-state index contributed by atoms with van der Waals surface area (Å²) in [4.78, 5) is 8.71. The van der Waals surface area contributed by atoms with Gasteiger partial charge in [-0.05, 0) is 30.2 Å². The first-order valence-electron chi connectivity index (χ1n) is 10.6. The SMILES string of the molecule is CS(=O)(=O)O.CS(=O)(=O)O.C[C@@H](Nc1ncnc2[nH]nc(NCc3cccc(N)c3)c12)c1ccccc1. The number of nitrogens with one attached hydrogen (secondary N) is 3. The topological polar surface area (TPSA) is 213 Å². The van der Waals surface area contributed by atoms with E-state index < -0.39 is 20.2 Å². The van der Waals surface area contributed by atoms with Crippen molar-refractivity contribution in [2.24, 2.45) is 0 Å². The summed E-state index contributed by atoms with van der Waals surface area (Å²) in [7, 11) is -7.33. The maximum Gasteiger partial charge on any atom is 0.261 e. The molecule has 2 heterocycles. The van der Waals surface area contributed by atoms with Crippen LogP contribution in [0.15, 0.2) is 60.9 Å². The van der Waals surface area contributed by atoms with Crippen molar-refractivity contribution < 1.29 is 25.9 Å². The lowest BCUT2D eigenvalue weighted by molar-refractivity contribution is 0.488. The van der Waals surface area contributed by atoms with Gasteiger partial charge in [-0.15, -0.1) is 0 Å². The number of nitrogens with zero attached hydrogens (tertiary/aromatic N) is 3. The van der Waals surface area contributed by atoms with E-state index in [9.17, 15) is 16.8 Å². The number of anilines is 3. The molecule has 4 rings (SSSR count). The molecule has 0 bridgehead atoms. The Morgan fingerprint density at radius 2 is 1.57 bits per heavy atom. The second-order valence-electron chi connectivity index (χ2n) is 7.86. The number of hydrogen-bond acceptors (Lipinski definition) is 10. The molecule has 0 aliphatic carbocycles.